The zero-order chi connectivity index (χ0) is 9.78. The summed E-state index contributed by atoms with van der Waals surface area (Å²) in [6.45, 7) is 5.98. The SMILES string of the molecule is CC1(C)OC(C)(C)C(O)(O)C1=O. The van der Waals surface area contributed by atoms with Gasteiger partial charge in [0.15, 0.2) is 0 Å². The molecule has 4 heteroatoms. The Hall–Kier alpha value is -0.450. The molecule has 1 rings (SSSR count). The first-order valence-electron chi connectivity index (χ1n) is 3.81. The number of hydrogen-bond acceptors (Lipinski definition) is 4. The lowest BCUT2D eigenvalue weighted by atomic mass is 9.92. The van der Waals surface area contributed by atoms with Gasteiger partial charge < -0.3 is 14.9 Å². The summed E-state index contributed by atoms with van der Waals surface area (Å²) in [4.78, 5) is 11.3. The minimum atomic E-state index is -2.38. The molecule has 1 aliphatic rings. The summed E-state index contributed by atoms with van der Waals surface area (Å²) in [7, 11) is 0. The third-order valence-electron chi connectivity index (χ3n) is 2.21. The van der Waals surface area contributed by atoms with Crippen molar-refractivity contribution in [1.82, 2.24) is 0 Å². The van der Waals surface area contributed by atoms with Crippen LogP contribution in [0.4, 0.5) is 0 Å². The lowest BCUT2D eigenvalue weighted by Gasteiger charge is -2.27. The van der Waals surface area contributed by atoms with Crippen molar-refractivity contribution in [2.45, 2.75) is 44.7 Å². The van der Waals surface area contributed by atoms with Crippen LogP contribution in [-0.4, -0.2) is 33.0 Å². The Balaban J connectivity index is 3.14. The maximum atomic E-state index is 11.3. The van der Waals surface area contributed by atoms with Gasteiger partial charge in [0.05, 0.1) is 0 Å². The molecule has 0 aromatic heterocycles. The first kappa shape index (κ1) is 9.64. The van der Waals surface area contributed by atoms with Crippen LogP contribution in [0.2, 0.25) is 0 Å². The second kappa shape index (κ2) is 2.07. The molecule has 0 radical (unpaired) electrons. The third kappa shape index (κ3) is 0.990. The molecule has 2 N–H and O–H groups in total. The molecule has 1 fully saturated rings. The smallest absolute Gasteiger partial charge is 0.256 e. The zero-order valence-corrected chi connectivity index (χ0v) is 7.71. The second-order valence-electron chi connectivity index (χ2n) is 4.12. The molecule has 0 amide bonds. The second-order valence-corrected chi connectivity index (χ2v) is 4.12. The van der Waals surface area contributed by atoms with Gasteiger partial charge in [0, 0.05) is 0 Å². The van der Waals surface area contributed by atoms with E-state index in [9.17, 15) is 15.0 Å². The summed E-state index contributed by atoms with van der Waals surface area (Å²) in [5, 5.41) is 18.8. The van der Waals surface area contributed by atoms with Crippen LogP contribution in [0.25, 0.3) is 0 Å². The van der Waals surface area contributed by atoms with Crippen molar-refractivity contribution >= 4 is 5.78 Å². The van der Waals surface area contributed by atoms with E-state index < -0.39 is 22.8 Å². The number of ketones is 1. The predicted molar refractivity (Wildman–Crippen MR) is 41.4 cm³/mol. The van der Waals surface area contributed by atoms with Crippen LogP contribution in [0.15, 0.2) is 0 Å². The average molecular weight is 174 g/mol. The van der Waals surface area contributed by atoms with Crippen LogP contribution < -0.4 is 0 Å². The minimum Gasteiger partial charge on any atom is -0.357 e. The van der Waals surface area contributed by atoms with Crippen LogP contribution in [0.1, 0.15) is 27.7 Å². The Kier molecular flexibility index (Phi) is 1.66. The van der Waals surface area contributed by atoms with Crippen LogP contribution in [0, 0.1) is 0 Å². The standard InChI is InChI=1S/C8H14O4/c1-6(2)5(9)8(10,11)7(3,4)12-6/h10-11H,1-4H3. The topological polar surface area (TPSA) is 66.8 Å². The Morgan fingerprint density at radius 1 is 1.17 bits per heavy atom. The van der Waals surface area contributed by atoms with Gasteiger partial charge in [0.1, 0.15) is 11.2 Å². The predicted octanol–water partition coefficient (Wildman–Crippen LogP) is -0.176. The number of carbonyl (C=O) groups is 1. The van der Waals surface area contributed by atoms with E-state index in [-0.39, 0.29) is 0 Å². The quantitative estimate of drug-likeness (QED) is 0.500. The fraction of sp³-hybridized carbons (Fsp3) is 0.875. The van der Waals surface area contributed by atoms with Crippen molar-refractivity contribution in [1.29, 1.82) is 0 Å². The number of ether oxygens (including phenoxy) is 1. The van der Waals surface area contributed by atoms with Crippen molar-refractivity contribution in [3.8, 4) is 0 Å². The molecule has 0 aromatic rings. The normalized spacial score (nSPS) is 30.7. The Bertz CT molecular complexity index is 227. The Labute approximate surface area is 71.2 Å². The lowest BCUT2D eigenvalue weighted by molar-refractivity contribution is -0.228. The summed E-state index contributed by atoms with van der Waals surface area (Å²) in [6.07, 6.45) is 0. The highest BCUT2D eigenvalue weighted by molar-refractivity contribution is 5.95. The molecule has 1 aliphatic heterocycles. The monoisotopic (exact) mass is 174 g/mol. The Morgan fingerprint density at radius 3 is 1.67 bits per heavy atom. The fourth-order valence-electron chi connectivity index (χ4n) is 1.45. The van der Waals surface area contributed by atoms with Gasteiger partial charge in [0.25, 0.3) is 5.79 Å². The largest absolute Gasteiger partial charge is 0.357 e. The average Bonchev–Trinajstić information content (AvgIpc) is 1.90. The van der Waals surface area contributed by atoms with Crippen molar-refractivity contribution in [2.24, 2.45) is 0 Å². The van der Waals surface area contributed by atoms with Gasteiger partial charge in [0.2, 0.25) is 5.78 Å². The highest BCUT2D eigenvalue weighted by atomic mass is 16.6. The van der Waals surface area contributed by atoms with Gasteiger partial charge in [-0.15, -0.1) is 0 Å². The summed E-state index contributed by atoms with van der Waals surface area (Å²) in [6, 6.07) is 0. The van der Waals surface area contributed by atoms with Gasteiger partial charge in [-0.25, -0.2) is 0 Å². The van der Waals surface area contributed by atoms with E-state index >= 15 is 0 Å². The van der Waals surface area contributed by atoms with Crippen molar-refractivity contribution < 1.29 is 19.7 Å². The summed E-state index contributed by atoms with van der Waals surface area (Å²) in [5.74, 6) is -3.07. The third-order valence-corrected chi connectivity index (χ3v) is 2.21. The number of aliphatic hydroxyl groups is 2. The van der Waals surface area contributed by atoms with E-state index in [1.54, 1.807) is 0 Å². The molecule has 0 saturated carbocycles. The molecule has 0 aromatic carbocycles. The van der Waals surface area contributed by atoms with Crippen molar-refractivity contribution in [3.63, 3.8) is 0 Å². The first-order valence-corrected chi connectivity index (χ1v) is 3.81. The molecule has 0 unspecified atom stereocenters. The van der Waals surface area contributed by atoms with E-state index in [1.165, 1.54) is 27.7 Å². The highest BCUT2D eigenvalue weighted by Gasteiger charge is 2.63. The van der Waals surface area contributed by atoms with Gasteiger partial charge in [-0.1, -0.05) is 0 Å². The molecule has 4 nitrogen and oxygen atoms in total. The fourth-order valence-corrected chi connectivity index (χ4v) is 1.45. The van der Waals surface area contributed by atoms with E-state index in [4.69, 9.17) is 4.74 Å². The van der Waals surface area contributed by atoms with Gasteiger partial charge in [-0.3, -0.25) is 4.79 Å². The molecule has 12 heavy (non-hydrogen) atoms. The maximum absolute atomic E-state index is 11.3. The van der Waals surface area contributed by atoms with Crippen LogP contribution in [0.5, 0.6) is 0 Å². The van der Waals surface area contributed by atoms with Crippen molar-refractivity contribution in [2.75, 3.05) is 0 Å². The minimum absolute atomic E-state index is 0.694. The molecule has 0 bridgehead atoms. The van der Waals surface area contributed by atoms with E-state index in [2.05, 4.69) is 0 Å². The first-order chi connectivity index (χ1) is 5.11. The van der Waals surface area contributed by atoms with Crippen LogP contribution in [-0.2, 0) is 9.53 Å². The van der Waals surface area contributed by atoms with Gasteiger partial charge in [-0.2, -0.15) is 0 Å². The molecule has 1 saturated heterocycles. The molecular weight excluding hydrogens is 160 g/mol. The zero-order valence-electron chi connectivity index (χ0n) is 7.71. The molecule has 0 spiro atoms. The number of Topliss-reactive ketones (excluding diaryl/α,β-unsaturated/α-hetero) is 1. The molecule has 1 heterocycles. The van der Waals surface area contributed by atoms with Crippen LogP contribution in [0.3, 0.4) is 0 Å². The van der Waals surface area contributed by atoms with Crippen LogP contribution >= 0.6 is 0 Å². The van der Waals surface area contributed by atoms with E-state index in [0.29, 0.717) is 0 Å². The van der Waals surface area contributed by atoms with Gasteiger partial charge in [-0.05, 0) is 27.7 Å². The molecule has 0 aliphatic carbocycles. The number of carbonyl (C=O) groups excluding carboxylic acids is 1. The van der Waals surface area contributed by atoms with E-state index in [0.717, 1.165) is 0 Å². The van der Waals surface area contributed by atoms with E-state index in [1.807, 2.05) is 0 Å². The summed E-state index contributed by atoms with van der Waals surface area (Å²) >= 11 is 0. The highest BCUT2D eigenvalue weighted by Crippen LogP contribution is 2.40. The Morgan fingerprint density at radius 2 is 1.58 bits per heavy atom. The molecular formula is C8H14O4. The molecule has 70 valence electrons. The lowest BCUT2D eigenvalue weighted by Crippen LogP contribution is -2.51. The summed E-state index contributed by atoms with van der Waals surface area (Å²) in [5.41, 5.74) is -2.36. The molecule has 0 atom stereocenters. The number of hydrogen-bond donors (Lipinski definition) is 2. The number of rotatable bonds is 0. The summed E-state index contributed by atoms with van der Waals surface area (Å²) < 4.78 is 5.21. The maximum Gasteiger partial charge on any atom is 0.256 e. The van der Waals surface area contributed by atoms with Gasteiger partial charge >= 0.3 is 0 Å². The van der Waals surface area contributed by atoms with Crippen molar-refractivity contribution in [3.05, 3.63) is 0 Å².